The van der Waals surface area contributed by atoms with E-state index >= 15 is 0 Å². The Bertz CT molecular complexity index is 344. The maximum absolute atomic E-state index is 11.7. The molecule has 1 aliphatic rings. The fourth-order valence-electron chi connectivity index (χ4n) is 1.86. The second-order valence-corrected chi connectivity index (χ2v) is 4.34. The van der Waals surface area contributed by atoms with Gasteiger partial charge in [-0.25, -0.2) is 0 Å². The van der Waals surface area contributed by atoms with Crippen LogP contribution in [0.2, 0.25) is 0 Å². The molecule has 0 aromatic rings. The number of aliphatic carboxylic acids is 1. The Kier molecular flexibility index (Phi) is 5.08. The van der Waals surface area contributed by atoms with Crippen molar-refractivity contribution in [3.8, 4) is 0 Å². The summed E-state index contributed by atoms with van der Waals surface area (Å²) in [6.07, 6.45) is -0.797. The van der Waals surface area contributed by atoms with Crippen LogP contribution in [0.15, 0.2) is 0 Å². The number of carboxylic acids is 1. The Labute approximate surface area is 105 Å². The highest BCUT2D eigenvalue weighted by Gasteiger charge is 2.30. The summed E-state index contributed by atoms with van der Waals surface area (Å²) >= 11 is 0. The van der Waals surface area contributed by atoms with Gasteiger partial charge in [-0.05, 0) is 6.42 Å². The lowest BCUT2D eigenvalue weighted by Gasteiger charge is -2.34. The van der Waals surface area contributed by atoms with Crippen molar-refractivity contribution in [1.29, 1.82) is 0 Å². The number of rotatable bonds is 6. The second kappa shape index (κ2) is 6.34. The number of β-amino-alcohol motifs (C(OH)–C–C–N with tert-alkyl or cyclic N) is 1. The number of hydrogen-bond acceptors (Lipinski definition) is 4. The number of aliphatic hydroxyl groups is 1. The van der Waals surface area contributed by atoms with Crippen LogP contribution in [0.5, 0.6) is 0 Å². The Hall–Kier alpha value is -1.63. The Morgan fingerprint density at radius 3 is 2.39 bits per heavy atom. The molecule has 1 heterocycles. The van der Waals surface area contributed by atoms with E-state index in [9.17, 15) is 19.5 Å². The highest BCUT2D eigenvalue weighted by atomic mass is 16.4. The zero-order valence-corrected chi connectivity index (χ0v) is 10.3. The molecule has 18 heavy (non-hydrogen) atoms. The van der Waals surface area contributed by atoms with Crippen molar-refractivity contribution >= 4 is 17.8 Å². The molecule has 1 rings (SSSR count). The van der Waals surface area contributed by atoms with E-state index in [-0.39, 0.29) is 31.4 Å². The lowest BCUT2D eigenvalue weighted by Crippen LogP contribution is -2.55. The van der Waals surface area contributed by atoms with Crippen LogP contribution in [-0.4, -0.2) is 70.1 Å². The van der Waals surface area contributed by atoms with Crippen molar-refractivity contribution in [3.63, 3.8) is 0 Å². The van der Waals surface area contributed by atoms with Gasteiger partial charge in [0.05, 0.1) is 25.6 Å². The number of amides is 2. The molecule has 0 spiro atoms. The third kappa shape index (κ3) is 3.99. The van der Waals surface area contributed by atoms with Gasteiger partial charge in [0, 0.05) is 13.1 Å². The number of aliphatic hydroxyl groups excluding tert-OH is 1. The van der Waals surface area contributed by atoms with E-state index in [0.717, 1.165) is 6.42 Å². The molecule has 0 aliphatic carbocycles. The maximum Gasteiger partial charge on any atom is 0.306 e. The van der Waals surface area contributed by atoms with Crippen molar-refractivity contribution in [2.45, 2.75) is 25.9 Å². The van der Waals surface area contributed by atoms with Crippen LogP contribution in [0.4, 0.5) is 0 Å². The summed E-state index contributed by atoms with van der Waals surface area (Å²) in [6.45, 7) is 2.26. The molecule has 0 aromatic carbocycles. The Balaban J connectivity index is 2.51. The average molecular weight is 258 g/mol. The van der Waals surface area contributed by atoms with E-state index < -0.39 is 18.5 Å². The van der Waals surface area contributed by atoms with Crippen LogP contribution in [-0.2, 0) is 14.4 Å². The second-order valence-electron chi connectivity index (χ2n) is 4.34. The van der Waals surface area contributed by atoms with Gasteiger partial charge in [0.15, 0.2) is 0 Å². The monoisotopic (exact) mass is 258 g/mol. The predicted molar refractivity (Wildman–Crippen MR) is 61.7 cm³/mol. The smallest absolute Gasteiger partial charge is 0.306 e. The molecular weight excluding hydrogens is 240 g/mol. The number of nitrogens with zero attached hydrogens (tertiary/aromatic N) is 2. The van der Waals surface area contributed by atoms with Crippen molar-refractivity contribution < 1.29 is 24.6 Å². The molecule has 102 valence electrons. The number of carbonyl (C=O) groups is 3. The van der Waals surface area contributed by atoms with E-state index in [1.54, 1.807) is 0 Å². The van der Waals surface area contributed by atoms with Crippen LogP contribution in [0.1, 0.15) is 19.8 Å². The fraction of sp³-hybridized carbons (Fsp3) is 0.727. The van der Waals surface area contributed by atoms with E-state index in [0.29, 0.717) is 6.54 Å². The molecule has 0 aromatic heterocycles. The Morgan fingerprint density at radius 2 is 1.83 bits per heavy atom. The first-order valence-corrected chi connectivity index (χ1v) is 5.89. The normalized spacial score (nSPS) is 18.1. The molecule has 2 amide bonds. The number of carbonyl (C=O) groups excluding carboxylic acids is 2. The number of piperazine rings is 1. The molecule has 7 heteroatoms. The molecule has 1 fully saturated rings. The lowest BCUT2D eigenvalue weighted by molar-refractivity contribution is -0.152. The lowest BCUT2D eigenvalue weighted by atomic mass is 10.2. The minimum Gasteiger partial charge on any atom is -0.481 e. The minimum atomic E-state index is -1.14. The van der Waals surface area contributed by atoms with E-state index in [1.165, 1.54) is 9.80 Å². The summed E-state index contributed by atoms with van der Waals surface area (Å²) in [6, 6.07) is 0. The first-order chi connectivity index (χ1) is 8.43. The topological polar surface area (TPSA) is 98.2 Å². The fourth-order valence-corrected chi connectivity index (χ4v) is 1.86. The predicted octanol–water partition coefficient (Wildman–Crippen LogP) is -1.10. The molecule has 1 aliphatic heterocycles. The molecule has 1 saturated heterocycles. The van der Waals surface area contributed by atoms with Crippen LogP contribution >= 0.6 is 0 Å². The van der Waals surface area contributed by atoms with Gasteiger partial charge in [-0.2, -0.15) is 0 Å². The molecule has 0 saturated carbocycles. The molecule has 1 atom stereocenters. The largest absolute Gasteiger partial charge is 0.481 e. The third-order valence-electron chi connectivity index (χ3n) is 2.69. The summed E-state index contributed by atoms with van der Waals surface area (Å²) in [7, 11) is 0. The van der Waals surface area contributed by atoms with Crippen molar-refractivity contribution in [2.24, 2.45) is 0 Å². The van der Waals surface area contributed by atoms with E-state index in [2.05, 4.69) is 0 Å². The summed E-state index contributed by atoms with van der Waals surface area (Å²) in [5, 5.41) is 18.0. The van der Waals surface area contributed by atoms with E-state index in [1.807, 2.05) is 6.92 Å². The first kappa shape index (κ1) is 14.4. The summed E-state index contributed by atoms with van der Waals surface area (Å²) in [4.78, 5) is 36.5. The van der Waals surface area contributed by atoms with Gasteiger partial charge >= 0.3 is 5.97 Å². The van der Waals surface area contributed by atoms with Crippen molar-refractivity contribution in [3.05, 3.63) is 0 Å². The minimum absolute atomic E-state index is 0.00641. The maximum atomic E-state index is 11.7. The molecule has 0 radical (unpaired) electrons. The summed E-state index contributed by atoms with van der Waals surface area (Å²) in [5.74, 6) is -1.56. The average Bonchev–Trinajstić information content (AvgIpc) is 2.24. The van der Waals surface area contributed by atoms with Crippen molar-refractivity contribution in [1.82, 2.24) is 9.80 Å². The van der Waals surface area contributed by atoms with Gasteiger partial charge in [-0.1, -0.05) is 6.92 Å². The quantitative estimate of drug-likeness (QED) is 0.630. The number of hydrogen-bond donors (Lipinski definition) is 2. The zero-order valence-electron chi connectivity index (χ0n) is 10.3. The summed E-state index contributed by atoms with van der Waals surface area (Å²) in [5.41, 5.74) is 0. The van der Waals surface area contributed by atoms with Crippen LogP contribution in [0.3, 0.4) is 0 Å². The van der Waals surface area contributed by atoms with Gasteiger partial charge in [0.2, 0.25) is 11.8 Å². The third-order valence-corrected chi connectivity index (χ3v) is 2.69. The van der Waals surface area contributed by atoms with E-state index in [4.69, 9.17) is 5.11 Å². The standard InChI is InChI=1S/C11H18N2O5/c1-2-3-12-6-10(16)13(7-9(12)15)5-8(14)4-11(17)18/h8,14H,2-7H2,1H3,(H,17,18). The zero-order chi connectivity index (χ0) is 13.7. The molecule has 1 unspecified atom stereocenters. The van der Waals surface area contributed by atoms with Gasteiger partial charge in [-0.15, -0.1) is 0 Å². The van der Waals surface area contributed by atoms with Crippen LogP contribution < -0.4 is 0 Å². The first-order valence-electron chi connectivity index (χ1n) is 5.89. The highest BCUT2D eigenvalue weighted by molar-refractivity contribution is 5.92. The molecular formula is C11H18N2O5. The van der Waals surface area contributed by atoms with Crippen LogP contribution in [0, 0.1) is 0 Å². The molecule has 0 bridgehead atoms. The highest BCUT2D eigenvalue weighted by Crippen LogP contribution is 2.07. The van der Waals surface area contributed by atoms with Gasteiger partial charge in [0.25, 0.3) is 0 Å². The van der Waals surface area contributed by atoms with Crippen molar-refractivity contribution in [2.75, 3.05) is 26.2 Å². The Morgan fingerprint density at radius 1 is 1.28 bits per heavy atom. The molecule has 7 nitrogen and oxygen atoms in total. The molecule has 2 N–H and O–H groups in total. The van der Waals surface area contributed by atoms with Gasteiger partial charge in [-0.3, -0.25) is 14.4 Å². The number of carboxylic acid groups (broad SMARTS) is 1. The SMILES string of the molecule is CCCN1CC(=O)N(CC(O)CC(=O)O)CC1=O. The van der Waals surface area contributed by atoms with Gasteiger partial charge < -0.3 is 20.0 Å². The summed E-state index contributed by atoms with van der Waals surface area (Å²) < 4.78 is 0. The van der Waals surface area contributed by atoms with Crippen LogP contribution in [0.25, 0.3) is 0 Å². The van der Waals surface area contributed by atoms with Gasteiger partial charge in [0.1, 0.15) is 0 Å².